The van der Waals surface area contributed by atoms with Crippen molar-refractivity contribution in [2.75, 3.05) is 6.54 Å². The molecule has 1 aliphatic heterocycles. The maximum atomic E-state index is 5.94. The van der Waals surface area contributed by atoms with E-state index in [4.69, 9.17) is 9.72 Å². The van der Waals surface area contributed by atoms with Crippen LogP contribution >= 0.6 is 0 Å². The average Bonchev–Trinajstić information content (AvgIpc) is 3.06. The highest BCUT2D eigenvalue weighted by molar-refractivity contribution is 5.59. The first-order valence-electron chi connectivity index (χ1n) is 8.63. The number of rotatable bonds is 5. The lowest BCUT2D eigenvalue weighted by molar-refractivity contribution is 0.00274. The van der Waals surface area contributed by atoms with Crippen molar-refractivity contribution < 1.29 is 4.74 Å². The van der Waals surface area contributed by atoms with Gasteiger partial charge in [0.05, 0.1) is 24.0 Å². The highest BCUT2D eigenvalue weighted by Crippen LogP contribution is 2.22. The standard InChI is InChI=1S/C20H22N4O/c1-15-5-7-16(8-6-15)19-13-24-12-18(25-14-20(24)23-19)11-21-10-17-4-2-3-9-22-17/h2-9,13,18,21H,10-12,14H2,1H3/t18-/m0/s1. The minimum atomic E-state index is 0.149. The number of nitrogens with one attached hydrogen (secondary N) is 1. The number of aryl methyl sites for hydroxylation is 1. The molecule has 0 fully saturated rings. The van der Waals surface area contributed by atoms with E-state index in [9.17, 15) is 0 Å². The van der Waals surface area contributed by atoms with Crippen molar-refractivity contribution in [3.8, 4) is 11.3 Å². The van der Waals surface area contributed by atoms with E-state index in [0.29, 0.717) is 6.61 Å². The second-order valence-electron chi connectivity index (χ2n) is 6.45. The van der Waals surface area contributed by atoms with Crippen LogP contribution in [-0.4, -0.2) is 27.2 Å². The summed E-state index contributed by atoms with van der Waals surface area (Å²) in [5.74, 6) is 0.997. The highest BCUT2D eigenvalue weighted by atomic mass is 16.5. The van der Waals surface area contributed by atoms with Crippen LogP contribution in [-0.2, 0) is 24.4 Å². The molecule has 2 aromatic heterocycles. The fraction of sp³-hybridized carbons (Fsp3) is 0.300. The molecule has 0 unspecified atom stereocenters. The molecule has 1 N–H and O–H groups in total. The van der Waals surface area contributed by atoms with Gasteiger partial charge in [-0.25, -0.2) is 4.98 Å². The zero-order chi connectivity index (χ0) is 17.1. The van der Waals surface area contributed by atoms with Crippen molar-refractivity contribution in [1.29, 1.82) is 0 Å². The van der Waals surface area contributed by atoms with E-state index in [1.807, 2.05) is 24.4 Å². The van der Waals surface area contributed by atoms with Crippen molar-refractivity contribution in [3.05, 3.63) is 71.9 Å². The Kier molecular flexibility index (Phi) is 4.59. The molecule has 0 amide bonds. The third-order valence-corrected chi connectivity index (χ3v) is 4.46. The van der Waals surface area contributed by atoms with Crippen LogP contribution in [0.15, 0.2) is 54.9 Å². The van der Waals surface area contributed by atoms with Gasteiger partial charge in [0.1, 0.15) is 12.4 Å². The van der Waals surface area contributed by atoms with Gasteiger partial charge in [0.15, 0.2) is 0 Å². The van der Waals surface area contributed by atoms with Crippen molar-refractivity contribution in [2.24, 2.45) is 0 Å². The smallest absolute Gasteiger partial charge is 0.135 e. The highest BCUT2D eigenvalue weighted by Gasteiger charge is 2.21. The molecule has 25 heavy (non-hydrogen) atoms. The molecule has 0 spiro atoms. The second-order valence-corrected chi connectivity index (χ2v) is 6.45. The Morgan fingerprint density at radius 2 is 2.08 bits per heavy atom. The predicted molar refractivity (Wildman–Crippen MR) is 96.9 cm³/mol. The molecule has 1 atom stereocenters. The molecular formula is C20H22N4O. The SMILES string of the molecule is Cc1ccc(-c2cn3c(n2)CO[C@@H](CNCc2ccccn2)C3)cc1. The van der Waals surface area contributed by atoms with Crippen molar-refractivity contribution >= 4 is 0 Å². The zero-order valence-corrected chi connectivity index (χ0v) is 14.4. The molecule has 0 aliphatic carbocycles. The molecule has 0 saturated carbocycles. The summed E-state index contributed by atoms with van der Waals surface area (Å²) in [5, 5.41) is 3.43. The van der Waals surface area contributed by atoms with Gasteiger partial charge in [-0.15, -0.1) is 0 Å². The largest absolute Gasteiger partial charge is 0.367 e. The first kappa shape index (κ1) is 16.0. The van der Waals surface area contributed by atoms with Crippen LogP contribution in [0.4, 0.5) is 0 Å². The van der Waals surface area contributed by atoms with Crippen LogP contribution in [0.25, 0.3) is 11.3 Å². The fourth-order valence-electron chi connectivity index (χ4n) is 3.04. The van der Waals surface area contributed by atoms with Gasteiger partial charge in [0, 0.05) is 31.0 Å². The van der Waals surface area contributed by atoms with Gasteiger partial charge in [0.2, 0.25) is 0 Å². The molecular weight excluding hydrogens is 312 g/mol. The number of hydrogen-bond donors (Lipinski definition) is 1. The zero-order valence-electron chi connectivity index (χ0n) is 14.4. The molecule has 1 aliphatic rings. The third kappa shape index (κ3) is 3.78. The number of benzene rings is 1. The van der Waals surface area contributed by atoms with Crippen LogP contribution in [0.5, 0.6) is 0 Å². The lowest BCUT2D eigenvalue weighted by Gasteiger charge is -2.24. The lowest BCUT2D eigenvalue weighted by Crippen LogP contribution is -2.36. The van der Waals surface area contributed by atoms with Gasteiger partial charge in [0.25, 0.3) is 0 Å². The summed E-state index contributed by atoms with van der Waals surface area (Å²) in [4.78, 5) is 9.04. The quantitative estimate of drug-likeness (QED) is 0.779. The summed E-state index contributed by atoms with van der Waals surface area (Å²) in [6, 6.07) is 14.4. The molecule has 0 saturated heterocycles. The summed E-state index contributed by atoms with van der Waals surface area (Å²) in [7, 11) is 0. The first-order chi connectivity index (χ1) is 12.3. The number of pyridine rings is 1. The summed E-state index contributed by atoms with van der Waals surface area (Å²) in [5.41, 5.74) is 4.47. The maximum absolute atomic E-state index is 5.94. The van der Waals surface area contributed by atoms with Gasteiger partial charge in [-0.05, 0) is 19.1 Å². The molecule has 5 nitrogen and oxygen atoms in total. The van der Waals surface area contributed by atoms with Gasteiger partial charge >= 0.3 is 0 Å². The van der Waals surface area contributed by atoms with E-state index in [1.54, 1.807) is 0 Å². The topological polar surface area (TPSA) is 52.0 Å². The second kappa shape index (κ2) is 7.17. The normalized spacial score (nSPS) is 16.6. The molecule has 5 heteroatoms. The van der Waals surface area contributed by atoms with Crippen LogP contribution in [0.2, 0.25) is 0 Å². The number of ether oxygens (including phenoxy) is 1. The van der Waals surface area contributed by atoms with Crippen molar-refractivity contribution in [2.45, 2.75) is 32.7 Å². The molecule has 0 radical (unpaired) electrons. The monoisotopic (exact) mass is 334 g/mol. The lowest BCUT2D eigenvalue weighted by atomic mass is 10.1. The van der Waals surface area contributed by atoms with Crippen LogP contribution in [0, 0.1) is 6.92 Å². The van der Waals surface area contributed by atoms with E-state index in [0.717, 1.165) is 42.4 Å². The van der Waals surface area contributed by atoms with Gasteiger partial charge in [-0.3, -0.25) is 4.98 Å². The van der Waals surface area contributed by atoms with E-state index in [-0.39, 0.29) is 6.10 Å². The Labute approximate surface area is 147 Å². The first-order valence-corrected chi connectivity index (χ1v) is 8.63. The molecule has 1 aromatic carbocycles. The van der Waals surface area contributed by atoms with E-state index in [1.165, 1.54) is 5.56 Å². The molecule has 3 aromatic rings. The average molecular weight is 334 g/mol. The third-order valence-electron chi connectivity index (χ3n) is 4.46. The summed E-state index contributed by atoms with van der Waals surface area (Å²) in [6.45, 7) is 5.03. The number of nitrogens with zero attached hydrogens (tertiary/aromatic N) is 3. The molecule has 3 heterocycles. The molecule has 128 valence electrons. The molecule has 0 bridgehead atoms. The van der Waals surface area contributed by atoms with E-state index >= 15 is 0 Å². The van der Waals surface area contributed by atoms with Gasteiger partial charge in [-0.1, -0.05) is 35.9 Å². The van der Waals surface area contributed by atoms with Crippen LogP contribution in [0.1, 0.15) is 17.1 Å². The maximum Gasteiger partial charge on any atom is 0.135 e. The van der Waals surface area contributed by atoms with Gasteiger partial charge < -0.3 is 14.6 Å². The molecule has 4 rings (SSSR count). The number of aromatic nitrogens is 3. The Balaban J connectivity index is 1.37. The number of imidazole rings is 1. The van der Waals surface area contributed by atoms with Crippen molar-refractivity contribution in [3.63, 3.8) is 0 Å². The van der Waals surface area contributed by atoms with E-state index < -0.39 is 0 Å². The van der Waals surface area contributed by atoms with Crippen LogP contribution in [0.3, 0.4) is 0 Å². The van der Waals surface area contributed by atoms with Crippen molar-refractivity contribution in [1.82, 2.24) is 19.9 Å². The summed E-state index contributed by atoms with van der Waals surface area (Å²) in [6.07, 6.45) is 4.10. The van der Waals surface area contributed by atoms with Gasteiger partial charge in [-0.2, -0.15) is 0 Å². The predicted octanol–water partition coefficient (Wildman–Crippen LogP) is 2.94. The minimum Gasteiger partial charge on any atom is -0.367 e. The van der Waals surface area contributed by atoms with E-state index in [2.05, 4.69) is 52.3 Å². The Bertz CT molecular complexity index is 827. The summed E-state index contributed by atoms with van der Waals surface area (Å²) < 4.78 is 8.16. The minimum absolute atomic E-state index is 0.149. The Morgan fingerprint density at radius 1 is 1.20 bits per heavy atom. The summed E-state index contributed by atoms with van der Waals surface area (Å²) >= 11 is 0. The Hall–Kier alpha value is -2.50. The van der Waals surface area contributed by atoms with Crippen LogP contribution < -0.4 is 5.32 Å². The number of hydrogen-bond acceptors (Lipinski definition) is 4. The fourth-order valence-corrected chi connectivity index (χ4v) is 3.04. The number of fused-ring (bicyclic) bond motifs is 1. The Morgan fingerprint density at radius 3 is 2.88 bits per heavy atom.